The van der Waals surface area contributed by atoms with E-state index in [0.717, 1.165) is 48.3 Å². The highest BCUT2D eigenvalue weighted by molar-refractivity contribution is 5.98. The van der Waals surface area contributed by atoms with Crippen LogP contribution in [0.25, 0.3) is 0 Å². The lowest BCUT2D eigenvalue weighted by Gasteiger charge is -2.18. The van der Waals surface area contributed by atoms with Crippen molar-refractivity contribution in [2.75, 3.05) is 18.4 Å². The number of rotatable bonds is 6. The monoisotopic (exact) mass is 398 g/mol. The van der Waals surface area contributed by atoms with E-state index in [0.29, 0.717) is 6.42 Å². The molecule has 1 aliphatic rings. The van der Waals surface area contributed by atoms with E-state index in [1.165, 1.54) is 0 Å². The summed E-state index contributed by atoms with van der Waals surface area (Å²) in [7, 11) is 0. The largest absolute Gasteiger partial charge is 0.342 e. The highest BCUT2D eigenvalue weighted by Gasteiger charge is 2.23. The van der Waals surface area contributed by atoms with Crippen LogP contribution in [0.4, 0.5) is 5.69 Å². The molecule has 0 bridgehead atoms. The molecule has 1 fully saturated rings. The summed E-state index contributed by atoms with van der Waals surface area (Å²) in [6, 6.07) is 27.2. The third kappa shape index (κ3) is 4.77. The first kappa shape index (κ1) is 19.9. The number of nitrogens with one attached hydrogen (secondary N) is 1. The van der Waals surface area contributed by atoms with Crippen molar-refractivity contribution in [2.24, 2.45) is 0 Å². The van der Waals surface area contributed by atoms with Crippen LogP contribution in [0.5, 0.6) is 0 Å². The summed E-state index contributed by atoms with van der Waals surface area (Å²) in [4.78, 5) is 27.4. The van der Waals surface area contributed by atoms with E-state index in [-0.39, 0.29) is 17.7 Å². The number of amides is 2. The van der Waals surface area contributed by atoms with Crippen molar-refractivity contribution < 1.29 is 9.59 Å². The van der Waals surface area contributed by atoms with Gasteiger partial charge in [0.05, 0.1) is 12.3 Å². The van der Waals surface area contributed by atoms with Gasteiger partial charge < -0.3 is 10.2 Å². The maximum absolute atomic E-state index is 13.2. The van der Waals surface area contributed by atoms with E-state index < -0.39 is 0 Å². The number of hydrogen-bond acceptors (Lipinski definition) is 2. The highest BCUT2D eigenvalue weighted by Crippen LogP contribution is 2.26. The minimum absolute atomic E-state index is 0.0757. The lowest BCUT2D eigenvalue weighted by molar-refractivity contribution is -0.129. The Kier molecular flexibility index (Phi) is 6.23. The maximum atomic E-state index is 13.2. The van der Waals surface area contributed by atoms with Crippen LogP contribution in [-0.2, 0) is 16.0 Å². The Labute approximate surface area is 177 Å². The van der Waals surface area contributed by atoms with Crippen molar-refractivity contribution in [2.45, 2.75) is 25.2 Å². The predicted molar refractivity (Wildman–Crippen MR) is 119 cm³/mol. The van der Waals surface area contributed by atoms with E-state index in [4.69, 9.17) is 0 Å². The molecule has 1 heterocycles. The second-order valence-corrected chi connectivity index (χ2v) is 7.71. The SMILES string of the molecule is O=C(Nc1ccc(CC(=O)N2CCCC2)cc1)C(c1ccccc1)c1ccccc1. The average molecular weight is 399 g/mol. The molecule has 0 spiro atoms. The van der Waals surface area contributed by atoms with Gasteiger partial charge in [-0.05, 0) is 41.7 Å². The van der Waals surface area contributed by atoms with Gasteiger partial charge in [-0.1, -0.05) is 72.8 Å². The summed E-state index contributed by atoms with van der Waals surface area (Å²) in [6.45, 7) is 1.74. The number of likely N-dealkylation sites (tertiary alicyclic amines) is 1. The predicted octanol–water partition coefficient (Wildman–Crippen LogP) is 4.62. The summed E-state index contributed by atoms with van der Waals surface area (Å²) in [5, 5.41) is 3.04. The molecule has 4 nitrogen and oxygen atoms in total. The Morgan fingerprint density at radius 1 is 0.767 bits per heavy atom. The summed E-state index contributed by atoms with van der Waals surface area (Å²) in [6.07, 6.45) is 2.60. The third-order valence-electron chi connectivity index (χ3n) is 5.56. The Bertz CT molecular complexity index is 939. The molecular weight excluding hydrogens is 372 g/mol. The molecule has 0 atom stereocenters. The van der Waals surface area contributed by atoms with Crippen LogP contribution in [0.2, 0.25) is 0 Å². The van der Waals surface area contributed by atoms with Crippen molar-refractivity contribution in [3.8, 4) is 0 Å². The first-order valence-electron chi connectivity index (χ1n) is 10.5. The molecule has 3 aromatic rings. The molecule has 0 radical (unpaired) electrons. The lowest BCUT2D eigenvalue weighted by atomic mass is 9.90. The van der Waals surface area contributed by atoms with Gasteiger partial charge in [-0.2, -0.15) is 0 Å². The molecule has 0 aromatic heterocycles. The van der Waals surface area contributed by atoms with E-state index in [1.54, 1.807) is 0 Å². The number of anilines is 1. The maximum Gasteiger partial charge on any atom is 0.236 e. The van der Waals surface area contributed by atoms with Crippen LogP contribution >= 0.6 is 0 Å². The Morgan fingerprint density at radius 2 is 1.30 bits per heavy atom. The van der Waals surface area contributed by atoms with Crippen molar-refractivity contribution >= 4 is 17.5 Å². The molecule has 4 rings (SSSR count). The lowest BCUT2D eigenvalue weighted by Crippen LogP contribution is -2.29. The van der Waals surface area contributed by atoms with Crippen LogP contribution in [0.15, 0.2) is 84.9 Å². The standard InChI is InChI=1S/C26H26N2O2/c29-24(28-17-7-8-18-28)19-20-13-15-23(16-14-20)27-26(30)25(21-9-3-1-4-10-21)22-11-5-2-6-12-22/h1-6,9-16,25H,7-8,17-19H2,(H,27,30). The summed E-state index contributed by atoms with van der Waals surface area (Å²) >= 11 is 0. The van der Waals surface area contributed by atoms with Crippen LogP contribution in [0, 0.1) is 0 Å². The number of nitrogens with zero attached hydrogens (tertiary/aromatic N) is 1. The third-order valence-corrected chi connectivity index (χ3v) is 5.56. The molecule has 1 aliphatic heterocycles. The quantitative estimate of drug-likeness (QED) is 0.659. The van der Waals surface area contributed by atoms with Crippen molar-refractivity contribution in [1.82, 2.24) is 4.90 Å². The first-order chi connectivity index (χ1) is 14.7. The minimum atomic E-state index is -0.385. The number of carbonyl (C=O) groups is 2. The zero-order valence-electron chi connectivity index (χ0n) is 17.0. The number of carbonyl (C=O) groups excluding carboxylic acids is 2. The fraction of sp³-hybridized carbons (Fsp3) is 0.231. The average Bonchev–Trinajstić information content (AvgIpc) is 3.32. The number of benzene rings is 3. The van der Waals surface area contributed by atoms with Gasteiger partial charge >= 0.3 is 0 Å². The molecule has 2 amide bonds. The zero-order chi connectivity index (χ0) is 20.8. The van der Waals surface area contributed by atoms with Gasteiger partial charge in [0.15, 0.2) is 0 Å². The summed E-state index contributed by atoms with van der Waals surface area (Å²) < 4.78 is 0. The van der Waals surface area contributed by atoms with Crippen LogP contribution < -0.4 is 5.32 Å². The van der Waals surface area contributed by atoms with Crippen molar-refractivity contribution in [1.29, 1.82) is 0 Å². The van der Waals surface area contributed by atoms with Gasteiger partial charge in [-0.3, -0.25) is 9.59 Å². The van der Waals surface area contributed by atoms with Crippen LogP contribution in [0.3, 0.4) is 0 Å². The van der Waals surface area contributed by atoms with Gasteiger partial charge in [0, 0.05) is 18.8 Å². The molecule has 30 heavy (non-hydrogen) atoms. The smallest absolute Gasteiger partial charge is 0.236 e. The second kappa shape index (κ2) is 9.40. The van der Waals surface area contributed by atoms with E-state index in [2.05, 4.69) is 5.32 Å². The molecule has 0 aliphatic carbocycles. The number of hydrogen-bond donors (Lipinski definition) is 1. The van der Waals surface area contributed by atoms with Crippen molar-refractivity contribution in [3.05, 3.63) is 102 Å². The topological polar surface area (TPSA) is 49.4 Å². The van der Waals surface area contributed by atoms with Gasteiger partial charge in [0.2, 0.25) is 11.8 Å². The van der Waals surface area contributed by atoms with E-state index in [1.807, 2.05) is 89.8 Å². The van der Waals surface area contributed by atoms with Crippen molar-refractivity contribution in [3.63, 3.8) is 0 Å². The van der Waals surface area contributed by atoms with Gasteiger partial charge in [-0.15, -0.1) is 0 Å². The van der Waals surface area contributed by atoms with E-state index >= 15 is 0 Å². The molecule has 0 saturated carbocycles. The molecule has 1 N–H and O–H groups in total. The summed E-state index contributed by atoms with van der Waals surface area (Å²) in [5.41, 5.74) is 3.60. The molecule has 4 heteroatoms. The van der Waals surface area contributed by atoms with Crippen LogP contribution in [0.1, 0.15) is 35.4 Å². The Morgan fingerprint density at radius 3 is 1.83 bits per heavy atom. The fourth-order valence-corrected chi connectivity index (χ4v) is 3.96. The van der Waals surface area contributed by atoms with Gasteiger partial charge in [0.25, 0.3) is 0 Å². The Hall–Kier alpha value is -3.40. The van der Waals surface area contributed by atoms with Gasteiger partial charge in [-0.25, -0.2) is 0 Å². The molecule has 3 aromatic carbocycles. The second-order valence-electron chi connectivity index (χ2n) is 7.71. The molecule has 0 unspecified atom stereocenters. The van der Waals surface area contributed by atoms with E-state index in [9.17, 15) is 9.59 Å². The molecule has 152 valence electrons. The molecular formula is C26H26N2O2. The summed E-state index contributed by atoms with van der Waals surface area (Å²) in [5.74, 6) is -0.283. The highest BCUT2D eigenvalue weighted by atomic mass is 16.2. The molecule has 1 saturated heterocycles. The minimum Gasteiger partial charge on any atom is -0.342 e. The van der Waals surface area contributed by atoms with Gasteiger partial charge in [0.1, 0.15) is 0 Å². The van der Waals surface area contributed by atoms with Crippen LogP contribution in [-0.4, -0.2) is 29.8 Å². The first-order valence-corrected chi connectivity index (χ1v) is 10.5. The fourth-order valence-electron chi connectivity index (χ4n) is 3.96. The normalized spacial score (nSPS) is 13.4. The Balaban J connectivity index is 1.46. The zero-order valence-corrected chi connectivity index (χ0v) is 17.0.